The highest BCUT2D eigenvalue weighted by Crippen LogP contribution is 2.29. The number of nitrogens with one attached hydrogen (secondary N) is 2. The number of amides is 3. The summed E-state index contributed by atoms with van der Waals surface area (Å²) in [6, 6.07) is 25.6. The number of aliphatic hydroxyl groups excluding tert-OH is 1. The van der Waals surface area contributed by atoms with Gasteiger partial charge in [0.1, 0.15) is 5.75 Å². The Labute approximate surface area is 300 Å². The first-order valence-corrected chi connectivity index (χ1v) is 18.8. The Balaban J connectivity index is 1.42. The fourth-order valence-corrected chi connectivity index (χ4v) is 7.41. The summed E-state index contributed by atoms with van der Waals surface area (Å²) >= 11 is 0. The van der Waals surface area contributed by atoms with E-state index in [0.717, 1.165) is 23.6 Å². The van der Waals surface area contributed by atoms with Crippen LogP contribution < -0.4 is 15.4 Å². The maximum absolute atomic E-state index is 14.5. The number of urea groups is 1. The zero-order chi connectivity index (χ0) is 36.5. The molecule has 0 unspecified atom stereocenters. The summed E-state index contributed by atoms with van der Waals surface area (Å²) in [5.41, 5.74) is 1.26. The van der Waals surface area contributed by atoms with Crippen molar-refractivity contribution in [2.45, 2.75) is 63.2 Å². The molecule has 1 aliphatic heterocycles. The smallest absolute Gasteiger partial charge is 0.323 e. The predicted octanol–water partition coefficient (Wildman–Crippen LogP) is 6.60. The number of hydrogen-bond donors (Lipinski definition) is 3. The zero-order valence-electron chi connectivity index (χ0n) is 29.6. The van der Waals surface area contributed by atoms with Crippen LogP contribution in [0.25, 0.3) is 10.8 Å². The Morgan fingerprint density at radius 2 is 1.71 bits per heavy atom. The summed E-state index contributed by atoms with van der Waals surface area (Å²) in [5, 5.41) is 17.9. The number of aliphatic hydroxyl groups is 1. The Bertz CT molecular complexity index is 1900. The van der Waals surface area contributed by atoms with Crippen LogP contribution in [0.4, 0.5) is 16.2 Å². The quantitative estimate of drug-likeness (QED) is 0.187. The summed E-state index contributed by atoms with van der Waals surface area (Å²) in [5.74, 6) is -0.353. The maximum Gasteiger partial charge on any atom is 0.323 e. The molecule has 0 aromatic heterocycles. The normalized spacial score (nSPS) is 19.8. The molecule has 12 heteroatoms. The van der Waals surface area contributed by atoms with Crippen LogP contribution in [0.3, 0.4) is 0 Å². The van der Waals surface area contributed by atoms with E-state index in [0.29, 0.717) is 30.2 Å². The summed E-state index contributed by atoms with van der Waals surface area (Å²) in [6.45, 7) is 5.95. The zero-order valence-corrected chi connectivity index (χ0v) is 30.4. The highest BCUT2D eigenvalue weighted by atomic mass is 32.2. The number of carbonyl (C=O) groups is 2. The molecular formula is C39H48N4O7S. The van der Waals surface area contributed by atoms with Gasteiger partial charge in [0.15, 0.2) is 0 Å². The molecule has 1 aliphatic rings. The lowest BCUT2D eigenvalue weighted by Gasteiger charge is -2.35. The summed E-state index contributed by atoms with van der Waals surface area (Å²) < 4.78 is 40.8. The molecule has 4 aromatic rings. The van der Waals surface area contributed by atoms with E-state index in [2.05, 4.69) is 10.6 Å². The van der Waals surface area contributed by atoms with E-state index in [1.54, 1.807) is 60.4 Å². The van der Waals surface area contributed by atoms with Crippen LogP contribution in [-0.2, 0) is 14.8 Å². The number of hydrogen-bond acceptors (Lipinski definition) is 7. The van der Waals surface area contributed by atoms with Crippen molar-refractivity contribution >= 4 is 44.1 Å². The second-order valence-corrected chi connectivity index (χ2v) is 15.3. The van der Waals surface area contributed by atoms with Crippen molar-refractivity contribution in [3.05, 3.63) is 96.6 Å². The molecule has 11 nitrogen and oxygen atoms in total. The van der Waals surface area contributed by atoms with Crippen LogP contribution in [-0.4, -0.2) is 86.3 Å². The third kappa shape index (κ3) is 9.44. The van der Waals surface area contributed by atoms with Gasteiger partial charge in [-0.05, 0) is 74.9 Å². The van der Waals surface area contributed by atoms with Gasteiger partial charge in [-0.3, -0.25) is 4.79 Å². The topological polar surface area (TPSA) is 138 Å². The molecule has 0 fully saturated rings. The number of likely N-dealkylation sites (N-methyl/N-ethyl adjacent to an activating group) is 1. The van der Waals surface area contributed by atoms with Gasteiger partial charge < -0.3 is 30.1 Å². The van der Waals surface area contributed by atoms with Crippen molar-refractivity contribution in [3.63, 3.8) is 0 Å². The van der Waals surface area contributed by atoms with Gasteiger partial charge in [-0.1, -0.05) is 61.5 Å². The van der Waals surface area contributed by atoms with E-state index < -0.39 is 34.1 Å². The first-order valence-electron chi connectivity index (χ1n) is 17.4. The van der Waals surface area contributed by atoms with Crippen LogP contribution in [0.1, 0.15) is 50.4 Å². The largest absolute Gasteiger partial charge is 0.490 e. The molecule has 0 bridgehead atoms. The van der Waals surface area contributed by atoms with Crippen LogP contribution >= 0.6 is 0 Å². The fraction of sp³-hybridized carbons (Fsp3) is 0.385. The molecule has 51 heavy (non-hydrogen) atoms. The van der Waals surface area contributed by atoms with E-state index >= 15 is 0 Å². The third-order valence-corrected chi connectivity index (χ3v) is 11.1. The number of nitrogens with zero attached hydrogens (tertiary/aromatic N) is 2. The lowest BCUT2D eigenvalue weighted by Crippen LogP contribution is -2.48. The van der Waals surface area contributed by atoms with Crippen LogP contribution in [0, 0.1) is 5.92 Å². The molecular weight excluding hydrogens is 669 g/mol. The molecule has 5 rings (SSSR count). The number of sulfonamides is 1. The molecule has 4 atom stereocenters. The molecule has 3 N–H and O–H groups in total. The Kier molecular flexibility index (Phi) is 12.7. The fourth-order valence-electron chi connectivity index (χ4n) is 6.21. The second kappa shape index (κ2) is 17.1. The molecule has 0 radical (unpaired) electrons. The Hall–Kier alpha value is -4.49. The van der Waals surface area contributed by atoms with Crippen LogP contribution in [0.2, 0.25) is 0 Å². The molecule has 1 heterocycles. The number of carbonyl (C=O) groups excluding carboxylic acids is 2. The highest BCUT2D eigenvalue weighted by Gasteiger charge is 2.32. The minimum Gasteiger partial charge on any atom is -0.490 e. The average Bonchev–Trinajstić information content (AvgIpc) is 3.13. The van der Waals surface area contributed by atoms with Crippen molar-refractivity contribution < 1.29 is 32.6 Å². The second-order valence-electron chi connectivity index (χ2n) is 13.2. The maximum atomic E-state index is 14.5. The average molecular weight is 717 g/mol. The van der Waals surface area contributed by atoms with Gasteiger partial charge in [-0.15, -0.1) is 0 Å². The minimum absolute atomic E-state index is 0.0733. The van der Waals surface area contributed by atoms with Gasteiger partial charge in [0.2, 0.25) is 10.0 Å². The van der Waals surface area contributed by atoms with Crippen molar-refractivity contribution in [1.82, 2.24) is 9.21 Å². The van der Waals surface area contributed by atoms with Crippen molar-refractivity contribution in [1.29, 1.82) is 0 Å². The minimum atomic E-state index is -3.78. The standard InChI is InChI=1S/C39H48N4O7S/c1-27-24-43(28(2)26-44)38(45)34-23-31(40-39(46)41-35-19-12-15-30-14-8-9-18-33(30)35)20-21-36(34)50-29(3)13-10-11-22-49-37(27)25-42(4)51(47,48)32-16-6-5-7-17-32/h5-9,12,14-21,23,27-29,37,44H,10-11,13,22,24-26H2,1-4H3,(H2,40,41,46)/t27-,28+,29+,37+/m0/s1. The van der Waals surface area contributed by atoms with Crippen LogP contribution in [0.5, 0.6) is 5.75 Å². The third-order valence-electron chi connectivity index (χ3n) is 9.24. The molecule has 0 aliphatic carbocycles. The molecule has 4 aromatic carbocycles. The van der Waals surface area contributed by atoms with Crippen LogP contribution in [0.15, 0.2) is 95.9 Å². The molecule has 0 spiro atoms. The van der Waals surface area contributed by atoms with E-state index in [1.165, 1.54) is 11.4 Å². The van der Waals surface area contributed by atoms with Gasteiger partial charge in [0, 0.05) is 43.7 Å². The number of anilines is 2. The molecule has 0 saturated heterocycles. The summed E-state index contributed by atoms with van der Waals surface area (Å²) in [7, 11) is -2.25. The number of fused-ring (bicyclic) bond motifs is 2. The lowest BCUT2D eigenvalue weighted by molar-refractivity contribution is -0.00833. The lowest BCUT2D eigenvalue weighted by atomic mass is 10.0. The van der Waals surface area contributed by atoms with Gasteiger partial charge in [-0.2, -0.15) is 4.31 Å². The Morgan fingerprint density at radius 3 is 2.47 bits per heavy atom. The van der Waals surface area contributed by atoms with Crippen molar-refractivity contribution in [3.8, 4) is 5.75 Å². The number of ether oxygens (including phenoxy) is 2. The van der Waals surface area contributed by atoms with Gasteiger partial charge in [0.25, 0.3) is 5.91 Å². The summed E-state index contributed by atoms with van der Waals surface area (Å²) in [4.78, 5) is 29.4. The number of benzene rings is 4. The predicted molar refractivity (Wildman–Crippen MR) is 200 cm³/mol. The van der Waals surface area contributed by atoms with Gasteiger partial charge in [-0.25, -0.2) is 13.2 Å². The SMILES string of the molecule is C[C@@H]1CCCCO[C@H](CN(C)S(=O)(=O)c2ccccc2)[C@@H](C)CN([C@H](C)CO)C(=O)c2cc(NC(=O)Nc3cccc4ccccc34)ccc2O1. The summed E-state index contributed by atoms with van der Waals surface area (Å²) in [6.07, 6.45) is 1.46. The molecule has 272 valence electrons. The van der Waals surface area contributed by atoms with Gasteiger partial charge in [0.05, 0.1) is 41.0 Å². The van der Waals surface area contributed by atoms with Gasteiger partial charge >= 0.3 is 6.03 Å². The van der Waals surface area contributed by atoms with E-state index in [9.17, 15) is 23.1 Å². The van der Waals surface area contributed by atoms with E-state index in [-0.39, 0.29) is 42.2 Å². The molecule has 3 amide bonds. The number of rotatable bonds is 8. The monoisotopic (exact) mass is 716 g/mol. The Morgan fingerprint density at radius 1 is 0.980 bits per heavy atom. The van der Waals surface area contributed by atoms with Crippen molar-refractivity contribution in [2.24, 2.45) is 5.92 Å². The van der Waals surface area contributed by atoms with Crippen molar-refractivity contribution in [2.75, 3.05) is 44.0 Å². The highest BCUT2D eigenvalue weighted by molar-refractivity contribution is 7.89. The van der Waals surface area contributed by atoms with E-state index in [1.807, 2.05) is 56.3 Å². The first kappa shape index (κ1) is 37.8. The first-order chi connectivity index (χ1) is 24.5. The van der Waals surface area contributed by atoms with E-state index in [4.69, 9.17) is 9.47 Å². The molecule has 0 saturated carbocycles.